The highest BCUT2D eigenvalue weighted by atomic mass is 31.2. The molecule has 0 aliphatic heterocycles. The molecule has 0 aliphatic rings. The average Bonchev–Trinajstić information content (AvgIpc) is 3.20. The van der Waals surface area contributed by atoms with Crippen LogP contribution in [0.3, 0.4) is 0 Å². The molecule has 0 aliphatic carbocycles. The summed E-state index contributed by atoms with van der Waals surface area (Å²) >= 11 is 0. The van der Waals surface area contributed by atoms with E-state index in [1.165, 1.54) is 6.07 Å². The van der Waals surface area contributed by atoms with E-state index in [9.17, 15) is 19.7 Å². The summed E-state index contributed by atoms with van der Waals surface area (Å²) < 4.78 is 28.1. The Morgan fingerprint density at radius 2 is 1.86 bits per heavy atom. The van der Waals surface area contributed by atoms with Crippen molar-refractivity contribution < 1.29 is 33.5 Å². The number of phosphoric ester groups is 1. The molecule has 1 unspecified atom stereocenters. The van der Waals surface area contributed by atoms with Crippen LogP contribution < -0.4 is 14.2 Å². The first-order chi connectivity index (χ1) is 16.5. The van der Waals surface area contributed by atoms with Crippen molar-refractivity contribution in [3.63, 3.8) is 0 Å². The van der Waals surface area contributed by atoms with Gasteiger partial charge in [0.25, 0.3) is 5.88 Å². The molecule has 1 atom stereocenters. The number of methoxy groups -OCH3 is 1. The number of rotatable bonds is 10. The van der Waals surface area contributed by atoms with Gasteiger partial charge in [-0.15, -0.1) is 5.10 Å². The average molecular weight is 506 g/mol. The predicted molar refractivity (Wildman–Crippen MR) is 134 cm³/mol. The summed E-state index contributed by atoms with van der Waals surface area (Å²) in [6, 6.07) is 8.29. The number of hydrogen-bond acceptors (Lipinski definition) is 8. The Morgan fingerprint density at radius 3 is 2.46 bits per heavy atom. The minimum atomic E-state index is -4.46. The Labute approximate surface area is 204 Å². The van der Waals surface area contributed by atoms with Crippen LogP contribution >= 0.6 is 7.82 Å². The maximum Gasteiger partial charge on any atom is 0.528 e. The number of aromatic nitrogens is 2. The number of anilines is 1. The van der Waals surface area contributed by atoms with Crippen LogP contribution in [0.5, 0.6) is 23.1 Å². The first-order valence-corrected chi connectivity index (χ1v) is 12.7. The number of benzene rings is 2. The Bertz CT molecular complexity index is 1240. The van der Waals surface area contributed by atoms with Gasteiger partial charge in [-0.2, -0.15) is 0 Å². The Morgan fingerprint density at radius 1 is 1.14 bits per heavy atom. The van der Waals surface area contributed by atoms with E-state index in [4.69, 9.17) is 13.8 Å². The van der Waals surface area contributed by atoms with Crippen LogP contribution in [0, 0.1) is 0 Å². The molecular formula is C24H32N3O7P. The molecule has 2 aromatic carbocycles. The van der Waals surface area contributed by atoms with Gasteiger partial charge in [-0.1, -0.05) is 19.9 Å². The lowest BCUT2D eigenvalue weighted by atomic mass is 9.94. The number of phosphoric acid groups is 1. The maximum atomic E-state index is 12.4. The summed E-state index contributed by atoms with van der Waals surface area (Å²) in [6.07, 6.45) is 0. The zero-order valence-corrected chi connectivity index (χ0v) is 21.6. The molecule has 1 heterocycles. The molecule has 35 heavy (non-hydrogen) atoms. The second-order valence-electron chi connectivity index (χ2n) is 8.24. The lowest BCUT2D eigenvalue weighted by molar-refractivity contribution is 0.211. The third-order valence-corrected chi connectivity index (χ3v) is 6.60. The maximum absolute atomic E-state index is 12.4. The van der Waals surface area contributed by atoms with E-state index in [1.54, 1.807) is 32.2 Å². The van der Waals surface area contributed by atoms with Crippen molar-refractivity contribution in [2.24, 2.45) is 0 Å². The molecule has 0 bridgehead atoms. The number of phenols is 2. The Kier molecular flexibility index (Phi) is 8.00. The van der Waals surface area contributed by atoms with Crippen LogP contribution in [0.4, 0.5) is 5.69 Å². The topological polar surface area (TPSA) is 137 Å². The molecule has 3 rings (SSSR count). The van der Waals surface area contributed by atoms with Crippen molar-refractivity contribution in [3.05, 3.63) is 35.9 Å². The van der Waals surface area contributed by atoms with Crippen LogP contribution in [0.15, 0.2) is 30.3 Å². The van der Waals surface area contributed by atoms with Crippen molar-refractivity contribution in [1.82, 2.24) is 10.2 Å². The number of hydrogen-bond donors (Lipinski definition) is 4. The first kappa shape index (κ1) is 26.4. The van der Waals surface area contributed by atoms with Crippen LogP contribution in [0.1, 0.15) is 39.2 Å². The standard InChI is InChI=1S/C24H32N3O7P/c1-7-27(5)18-11-15(9-10-21(18)32-6)22-23(25-26-24(22)34-35(30,31)33-8-2)17-12-16(14(3)4)19(28)13-20(17)29/h9-14,28-29H,7-8H2,1-6H3,(H,25,26)(H,30,31). The molecule has 0 saturated heterocycles. The Balaban J connectivity index is 2.30. The molecule has 0 spiro atoms. The van der Waals surface area contributed by atoms with Gasteiger partial charge in [-0.3, -0.25) is 14.5 Å². The van der Waals surface area contributed by atoms with E-state index < -0.39 is 7.82 Å². The molecule has 0 saturated carbocycles. The molecule has 0 amide bonds. The molecule has 11 heteroatoms. The van der Waals surface area contributed by atoms with Crippen molar-refractivity contribution in [1.29, 1.82) is 0 Å². The number of ether oxygens (including phenoxy) is 1. The van der Waals surface area contributed by atoms with Gasteiger partial charge in [0.2, 0.25) is 0 Å². The molecule has 3 aromatic rings. The fourth-order valence-corrected chi connectivity index (χ4v) is 4.45. The molecule has 10 nitrogen and oxygen atoms in total. The minimum Gasteiger partial charge on any atom is -0.508 e. The number of nitrogens with one attached hydrogen (secondary N) is 1. The normalized spacial score (nSPS) is 13.0. The van der Waals surface area contributed by atoms with E-state index >= 15 is 0 Å². The molecule has 0 fully saturated rings. The predicted octanol–water partition coefficient (Wildman–Crippen LogP) is 5.26. The van der Waals surface area contributed by atoms with Gasteiger partial charge in [-0.25, -0.2) is 4.57 Å². The van der Waals surface area contributed by atoms with E-state index in [-0.39, 0.29) is 29.9 Å². The number of phenolic OH excluding ortho intramolecular Hbond substituents is 2. The van der Waals surface area contributed by atoms with Gasteiger partial charge in [0, 0.05) is 25.2 Å². The van der Waals surface area contributed by atoms with E-state index in [0.29, 0.717) is 40.2 Å². The highest BCUT2D eigenvalue weighted by molar-refractivity contribution is 7.47. The summed E-state index contributed by atoms with van der Waals surface area (Å²) in [7, 11) is -0.972. The smallest absolute Gasteiger partial charge is 0.508 e. The second-order valence-corrected chi connectivity index (χ2v) is 9.62. The zero-order chi connectivity index (χ0) is 25.9. The van der Waals surface area contributed by atoms with Crippen molar-refractivity contribution in [3.8, 4) is 45.5 Å². The zero-order valence-electron chi connectivity index (χ0n) is 20.7. The molecule has 0 radical (unpaired) electrons. The monoisotopic (exact) mass is 505 g/mol. The lowest BCUT2D eigenvalue weighted by Gasteiger charge is -2.21. The number of H-pyrrole nitrogens is 1. The highest BCUT2D eigenvalue weighted by Gasteiger charge is 2.29. The summed E-state index contributed by atoms with van der Waals surface area (Å²) in [4.78, 5) is 12.1. The van der Waals surface area contributed by atoms with Crippen LogP contribution in [-0.4, -0.2) is 52.6 Å². The molecular weight excluding hydrogens is 473 g/mol. The van der Waals surface area contributed by atoms with Gasteiger partial charge in [-0.05, 0) is 49.1 Å². The summed E-state index contributed by atoms with van der Waals surface area (Å²) in [5, 5.41) is 28.0. The fraction of sp³-hybridized carbons (Fsp3) is 0.375. The highest BCUT2D eigenvalue weighted by Crippen LogP contribution is 2.50. The SMILES string of the molecule is CCOP(=O)(O)Oc1n[nH]c(-c2cc(C(C)C)c(O)cc2O)c1-c1ccc(OC)c(N(C)CC)c1. The summed E-state index contributed by atoms with van der Waals surface area (Å²) in [5.74, 6) is 0.208. The van der Waals surface area contributed by atoms with Gasteiger partial charge in [0.05, 0.1) is 30.7 Å². The van der Waals surface area contributed by atoms with Crippen molar-refractivity contribution in [2.45, 2.75) is 33.6 Å². The van der Waals surface area contributed by atoms with Gasteiger partial charge in [0.15, 0.2) is 0 Å². The van der Waals surface area contributed by atoms with E-state index in [1.807, 2.05) is 38.8 Å². The van der Waals surface area contributed by atoms with E-state index in [2.05, 4.69) is 10.2 Å². The van der Waals surface area contributed by atoms with Gasteiger partial charge in [0.1, 0.15) is 17.2 Å². The third kappa shape index (κ3) is 5.56. The second kappa shape index (κ2) is 10.6. The number of aromatic hydroxyl groups is 2. The molecule has 190 valence electrons. The summed E-state index contributed by atoms with van der Waals surface area (Å²) in [5.41, 5.74) is 3.00. The van der Waals surface area contributed by atoms with Crippen LogP contribution in [0.2, 0.25) is 0 Å². The minimum absolute atomic E-state index is 0.0298. The lowest BCUT2D eigenvalue weighted by Crippen LogP contribution is -2.16. The fourth-order valence-electron chi connectivity index (χ4n) is 3.72. The molecule has 4 N–H and O–H groups in total. The van der Waals surface area contributed by atoms with Crippen molar-refractivity contribution in [2.75, 3.05) is 32.2 Å². The summed E-state index contributed by atoms with van der Waals surface area (Å²) in [6.45, 7) is 8.06. The number of nitrogens with zero attached hydrogens (tertiary/aromatic N) is 2. The largest absolute Gasteiger partial charge is 0.528 e. The van der Waals surface area contributed by atoms with Crippen LogP contribution in [0.25, 0.3) is 22.4 Å². The van der Waals surface area contributed by atoms with Crippen molar-refractivity contribution >= 4 is 13.5 Å². The molecule has 1 aromatic heterocycles. The van der Waals surface area contributed by atoms with E-state index in [0.717, 1.165) is 5.69 Å². The quantitative estimate of drug-likeness (QED) is 0.272. The first-order valence-electron chi connectivity index (χ1n) is 11.2. The van der Waals surface area contributed by atoms with Crippen LogP contribution in [-0.2, 0) is 9.09 Å². The van der Waals surface area contributed by atoms with Gasteiger partial charge >= 0.3 is 7.82 Å². The third-order valence-electron chi connectivity index (χ3n) is 5.62. The van der Waals surface area contributed by atoms with Gasteiger partial charge < -0.3 is 24.4 Å². The number of aromatic amines is 1. The Hall–Kier alpha value is -3.20.